The number of carboxylic acids is 1. The molecule has 0 aliphatic heterocycles. The second-order valence-electron chi connectivity index (χ2n) is 11.1. The summed E-state index contributed by atoms with van der Waals surface area (Å²) in [6.07, 6.45) is 6.49. The Kier molecular flexibility index (Phi) is 6.57. The molecule has 3 fully saturated rings. The molecule has 0 bridgehead atoms. The number of fused-ring (bicyclic) bond motifs is 5. The minimum absolute atomic E-state index is 0.00867. The van der Waals surface area contributed by atoms with Crippen LogP contribution in [0.4, 0.5) is 0 Å². The number of ether oxygens (including phenoxy) is 1. The number of nitrogens with one attached hydrogen (secondary N) is 1. The fraction of sp³-hybridized carbons (Fsp3) is 0.692. The smallest absolute Gasteiger partial charge is 0.321 e. The summed E-state index contributed by atoms with van der Waals surface area (Å²) in [4.78, 5) is 48.4. The van der Waals surface area contributed by atoms with Gasteiger partial charge in [-0.3, -0.25) is 19.2 Å². The zero-order valence-electron chi connectivity index (χ0n) is 20.5. The molecule has 4 N–H and O–H groups in total. The Bertz CT molecular complexity index is 1000. The number of carbonyl (C=O) groups is 4. The van der Waals surface area contributed by atoms with E-state index >= 15 is 0 Å². The summed E-state index contributed by atoms with van der Waals surface area (Å²) in [5.41, 5.74) is -2.05. The number of carboxylic acid groups (broad SMARTS) is 1. The highest BCUT2D eigenvalue weighted by Gasteiger charge is 2.68. The second-order valence-corrected chi connectivity index (χ2v) is 11.1. The third-order valence-corrected chi connectivity index (χ3v) is 9.49. The number of aliphatic hydroxyl groups is 2. The number of aliphatic carboxylic acids is 1. The van der Waals surface area contributed by atoms with Gasteiger partial charge in [0.05, 0.1) is 12.5 Å². The predicted octanol–water partition coefficient (Wildman–Crippen LogP) is 1.17. The van der Waals surface area contributed by atoms with Crippen LogP contribution in [0.3, 0.4) is 0 Å². The number of hydrogen-bond donors (Lipinski definition) is 4. The molecule has 0 radical (unpaired) electrons. The van der Waals surface area contributed by atoms with E-state index in [1.165, 1.54) is 7.05 Å². The lowest BCUT2D eigenvalue weighted by atomic mass is 9.46. The summed E-state index contributed by atoms with van der Waals surface area (Å²) >= 11 is 0. The molecule has 35 heavy (non-hydrogen) atoms. The van der Waals surface area contributed by atoms with Crippen LogP contribution in [0, 0.1) is 28.6 Å². The van der Waals surface area contributed by atoms with Gasteiger partial charge in [0, 0.05) is 16.7 Å². The lowest BCUT2D eigenvalue weighted by Crippen LogP contribution is -2.61. The Morgan fingerprint density at radius 2 is 1.97 bits per heavy atom. The number of hydrogen-bond acceptors (Lipinski definition) is 8. The fourth-order valence-electron chi connectivity index (χ4n) is 7.59. The van der Waals surface area contributed by atoms with Crippen LogP contribution < -0.4 is 5.32 Å². The Balaban J connectivity index is 1.51. The fourth-order valence-corrected chi connectivity index (χ4v) is 7.59. The molecule has 3 unspecified atom stereocenters. The third-order valence-electron chi connectivity index (χ3n) is 9.49. The van der Waals surface area contributed by atoms with Crippen molar-refractivity contribution in [2.45, 2.75) is 70.1 Å². The highest BCUT2D eigenvalue weighted by molar-refractivity contribution is 6.01. The average molecular weight is 490 g/mol. The van der Waals surface area contributed by atoms with Gasteiger partial charge in [0.25, 0.3) is 0 Å². The van der Waals surface area contributed by atoms with E-state index in [0.717, 1.165) is 18.4 Å². The second kappa shape index (κ2) is 8.94. The average Bonchev–Trinajstić information content (AvgIpc) is 3.07. The summed E-state index contributed by atoms with van der Waals surface area (Å²) < 4.78 is 5.06. The van der Waals surface area contributed by atoms with E-state index in [4.69, 9.17) is 9.84 Å². The number of Topliss-reactive ketones (excluding diaryl/α,β-unsaturated/α-hetero) is 1. The Labute approximate surface area is 204 Å². The Morgan fingerprint density at radius 3 is 2.63 bits per heavy atom. The lowest BCUT2D eigenvalue weighted by molar-refractivity contribution is -0.181. The normalized spacial score (nSPS) is 40.7. The standard InChI is InChI=1S/C26H35NO8/c1-24-8-6-15(28)10-14(24)4-5-16-17-7-9-26(34,25(17,2)12-19(29)22(16)24)20(30)13-35-21(31)11-18(27-3)23(32)33/h6,8,10,16-19,22,27,29,34H,4-5,7,9,11-13H2,1-3H3,(H,32,33)/t16?,17?,18-,19+,22?,24+,25+,26+/m1/s1. The zero-order chi connectivity index (χ0) is 25.8. The Hall–Kier alpha value is -2.36. The maximum atomic E-state index is 13.2. The van der Waals surface area contributed by atoms with E-state index in [1.54, 1.807) is 12.2 Å². The van der Waals surface area contributed by atoms with Crippen molar-refractivity contribution in [1.82, 2.24) is 5.32 Å². The molecule has 4 aliphatic rings. The first kappa shape index (κ1) is 25.7. The van der Waals surface area contributed by atoms with Crippen LogP contribution >= 0.6 is 0 Å². The summed E-state index contributed by atoms with van der Waals surface area (Å²) in [6, 6.07) is -1.13. The summed E-state index contributed by atoms with van der Waals surface area (Å²) in [6.45, 7) is 3.26. The molecule has 9 heteroatoms. The summed E-state index contributed by atoms with van der Waals surface area (Å²) in [7, 11) is 1.41. The van der Waals surface area contributed by atoms with Gasteiger partial charge in [0.2, 0.25) is 5.78 Å². The molecular weight excluding hydrogens is 454 g/mol. The van der Waals surface area contributed by atoms with E-state index in [0.29, 0.717) is 6.42 Å². The van der Waals surface area contributed by atoms with Gasteiger partial charge in [0.15, 0.2) is 12.4 Å². The molecule has 3 saturated carbocycles. The first-order valence-electron chi connectivity index (χ1n) is 12.3. The van der Waals surface area contributed by atoms with Crippen molar-refractivity contribution in [3.63, 3.8) is 0 Å². The molecule has 0 spiro atoms. The van der Waals surface area contributed by atoms with Crippen LogP contribution in [0.2, 0.25) is 0 Å². The van der Waals surface area contributed by atoms with Gasteiger partial charge in [-0.1, -0.05) is 25.5 Å². The maximum absolute atomic E-state index is 13.2. The van der Waals surface area contributed by atoms with E-state index in [9.17, 15) is 29.4 Å². The molecule has 0 amide bonds. The van der Waals surface area contributed by atoms with Crippen LogP contribution in [0.1, 0.15) is 52.4 Å². The molecule has 0 heterocycles. The summed E-state index contributed by atoms with van der Waals surface area (Å²) in [5, 5.41) is 34.6. The highest BCUT2D eigenvalue weighted by Crippen LogP contribution is 2.67. The zero-order valence-corrected chi connectivity index (χ0v) is 20.5. The van der Waals surface area contributed by atoms with Crippen LogP contribution in [-0.2, 0) is 23.9 Å². The molecule has 0 aromatic rings. The summed E-state index contributed by atoms with van der Waals surface area (Å²) in [5.74, 6) is -2.76. The van der Waals surface area contributed by atoms with E-state index < -0.39 is 59.3 Å². The minimum atomic E-state index is -1.76. The van der Waals surface area contributed by atoms with Crippen molar-refractivity contribution in [1.29, 1.82) is 0 Å². The molecule has 0 aromatic heterocycles. The lowest BCUT2D eigenvalue weighted by Gasteiger charge is -2.59. The van der Waals surface area contributed by atoms with Crippen LogP contribution in [0.5, 0.6) is 0 Å². The topological polar surface area (TPSA) is 150 Å². The molecule has 0 saturated heterocycles. The maximum Gasteiger partial charge on any atom is 0.321 e. The van der Waals surface area contributed by atoms with Gasteiger partial charge in [-0.15, -0.1) is 0 Å². The van der Waals surface area contributed by atoms with Gasteiger partial charge in [-0.25, -0.2) is 0 Å². The van der Waals surface area contributed by atoms with Crippen molar-refractivity contribution in [2.24, 2.45) is 28.6 Å². The monoisotopic (exact) mass is 489 g/mol. The molecule has 9 nitrogen and oxygen atoms in total. The molecule has 4 aliphatic carbocycles. The van der Waals surface area contributed by atoms with E-state index in [2.05, 4.69) is 12.2 Å². The minimum Gasteiger partial charge on any atom is -0.480 e. The van der Waals surface area contributed by atoms with Crippen molar-refractivity contribution in [2.75, 3.05) is 13.7 Å². The van der Waals surface area contributed by atoms with Crippen LogP contribution in [0.15, 0.2) is 23.8 Å². The first-order valence-corrected chi connectivity index (χ1v) is 12.3. The van der Waals surface area contributed by atoms with Crippen molar-refractivity contribution in [3.8, 4) is 0 Å². The number of rotatable bonds is 7. The number of esters is 1. The number of ketones is 2. The molecule has 192 valence electrons. The molecule has 0 aromatic carbocycles. The largest absolute Gasteiger partial charge is 0.480 e. The number of likely N-dealkylation sites (N-methyl/N-ethyl adjacent to an activating group) is 1. The van der Waals surface area contributed by atoms with Crippen molar-refractivity contribution in [3.05, 3.63) is 23.8 Å². The van der Waals surface area contributed by atoms with Gasteiger partial charge in [0.1, 0.15) is 11.6 Å². The van der Waals surface area contributed by atoms with Gasteiger partial charge < -0.3 is 25.4 Å². The highest BCUT2D eigenvalue weighted by atomic mass is 16.5. The Morgan fingerprint density at radius 1 is 1.26 bits per heavy atom. The van der Waals surface area contributed by atoms with Gasteiger partial charge in [-0.2, -0.15) is 0 Å². The molecule has 8 atom stereocenters. The third kappa shape index (κ3) is 3.97. The van der Waals surface area contributed by atoms with Gasteiger partial charge >= 0.3 is 11.9 Å². The SMILES string of the molecule is CN[C@H](CC(=O)OCC(=O)[C@@]1(O)CCC2C3CCC4=CC(=O)C=C[C@]4(C)C3[C@@H](O)C[C@@]21C)C(=O)O. The molecule has 4 rings (SSSR count). The first-order chi connectivity index (χ1) is 16.4. The van der Waals surface area contributed by atoms with E-state index in [1.807, 2.05) is 13.0 Å². The quantitative estimate of drug-likeness (QED) is 0.386. The predicted molar refractivity (Wildman–Crippen MR) is 124 cm³/mol. The van der Waals surface area contributed by atoms with Crippen molar-refractivity contribution >= 4 is 23.5 Å². The van der Waals surface area contributed by atoms with Crippen LogP contribution in [0.25, 0.3) is 0 Å². The number of allylic oxidation sites excluding steroid dienone is 4. The van der Waals surface area contributed by atoms with E-state index in [-0.39, 0.29) is 36.4 Å². The van der Waals surface area contributed by atoms with Crippen molar-refractivity contribution < 1.29 is 39.2 Å². The number of carbonyl (C=O) groups excluding carboxylic acids is 3. The molecular formula is C26H35NO8. The van der Waals surface area contributed by atoms with Crippen LogP contribution in [-0.4, -0.2) is 70.2 Å². The van der Waals surface area contributed by atoms with Gasteiger partial charge in [-0.05, 0) is 63.1 Å². The number of aliphatic hydroxyl groups excluding tert-OH is 1.